The highest BCUT2D eigenvalue weighted by atomic mass is 16.6. The Morgan fingerprint density at radius 1 is 1.15 bits per heavy atom. The molecule has 1 atom stereocenters. The van der Waals surface area contributed by atoms with Crippen molar-refractivity contribution in [3.63, 3.8) is 0 Å². The molecule has 0 aliphatic carbocycles. The molecule has 0 bridgehead atoms. The third-order valence-corrected chi connectivity index (χ3v) is 4.65. The summed E-state index contributed by atoms with van der Waals surface area (Å²) in [5, 5.41) is 3.38. The number of ether oxygens (including phenoxy) is 2. The van der Waals surface area contributed by atoms with Crippen LogP contribution in [0.25, 0.3) is 0 Å². The molecule has 144 valence electrons. The standard InChI is InChI=1S/C20H31N3O3/c1-20(2,3)26-19(24)23-12-6-7-16(15-23)25-18-9-5-4-8-17(18)22-13-10-21-11-14-22/h4-5,8-9,16,21H,6-7,10-15H2,1-3H3/t16-/m0/s1. The number of anilines is 1. The molecule has 0 radical (unpaired) electrons. The van der Waals surface area contributed by atoms with Crippen LogP contribution < -0.4 is 15.0 Å². The highest BCUT2D eigenvalue weighted by Gasteiger charge is 2.29. The van der Waals surface area contributed by atoms with E-state index in [4.69, 9.17) is 9.47 Å². The van der Waals surface area contributed by atoms with Gasteiger partial charge in [-0.05, 0) is 45.7 Å². The predicted molar refractivity (Wildman–Crippen MR) is 103 cm³/mol. The molecule has 2 heterocycles. The predicted octanol–water partition coefficient (Wildman–Crippen LogP) is 2.87. The summed E-state index contributed by atoms with van der Waals surface area (Å²) in [6.07, 6.45) is 1.64. The summed E-state index contributed by atoms with van der Waals surface area (Å²) in [5.74, 6) is 0.908. The van der Waals surface area contributed by atoms with Crippen LogP contribution in [0.1, 0.15) is 33.6 Å². The molecule has 0 spiro atoms. The van der Waals surface area contributed by atoms with Gasteiger partial charge in [0.15, 0.2) is 0 Å². The van der Waals surface area contributed by atoms with Gasteiger partial charge in [-0.2, -0.15) is 0 Å². The van der Waals surface area contributed by atoms with Crippen molar-refractivity contribution < 1.29 is 14.3 Å². The van der Waals surface area contributed by atoms with Crippen molar-refractivity contribution >= 4 is 11.8 Å². The molecule has 26 heavy (non-hydrogen) atoms. The molecule has 1 aromatic carbocycles. The molecule has 6 nitrogen and oxygen atoms in total. The molecule has 2 aliphatic rings. The van der Waals surface area contributed by atoms with Gasteiger partial charge in [0.2, 0.25) is 0 Å². The number of benzene rings is 1. The van der Waals surface area contributed by atoms with Gasteiger partial charge in [0.25, 0.3) is 0 Å². The number of hydrogen-bond acceptors (Lipinski definition) is 5. The van der Waals surface area contributed by atoms with Gasteiger partial charge in [-0.3, -0.25) is 0 Å². The lowest BCUT2D eigenvalue weighted by Gasteiger charge is -2.35. The van der Waals surface area contributed by atoms with E-state index in [1.54, 1.807) is 4.90 Å². The zero-order chi connectivity index (χ0) is 18.6. The first kappa shape index (κ1) is 18.8. The Kier molecular flexibility index (Phi) is 5.91. The Balaban J connectivity index is 1.64. The summed E-state index contributed by atoms with van der Waals surface area (Å²) in [6, 6.07) is 8.21. The molecule has 1 aromatic rings. The molecule has 1 N–H and O–H groups in total. The molecule has 0 unspecified atom stereocenters. The Bertz CT molecular complexity index is 609. The first-order chi connectivity index (χ1) is 12.4. The van der Waals surface area contributed by atoms with E-state index >= 15 is 0 Å². The Morgan fingerprint density at radius 3 is 2.62 bits per heavy atom. The number of nitrogens with zero attached hydrogens (tertiary/aromatic N) is 2. The molecule has 2 fully saturated rings. The Hall–Kier alpha value is -1.95. The van der Waals surface area contributed by atoms with E-state index < -0.39 is 5.60 Å². The third-order valence-electron chi connectivity index (χ3n) is 4.65. The second-order valence-corrected chi connectivity index (χ2v) is 8.01. The first-order valence-corrected chi connectivity index (χ1v) is 9.62. The van der Waals surface area contributed by atoms with Crippen LogP contribution >= 0.6 is 0 Å². The summed E-state index contributed by atoms with van der Waals surface area (Å²) in [5.41, 5.74) is 0.670. The lowest BCUT2D eigenvalue weighted by atomic mass is 10.1. The van der Waals surface area contributed by atoms with Crippen molar-refractivity contribution in [1.29, 1.82) is 0 Å². The lowest BCUT2D eigenvalue weighted by Crippen LogP contribution is -2.46. The van der Waals surface area contributed by atoms with Gasteiger partial charge in [-0.15, -0.1) is 0 Å². The number of para-hydroxylation sites is 2. The largest absolute Gasteiger partial charge is 0.486 e. The van der Waals surface area contributed by atoms with Crippen molar-refractivity contribution in [3.05, 3.63) is 24.3 Å². The third kappa shape index (κ3) is 5.04. The number of piperazine rings is 1. The zero-order valence-corrected chi connectivity index (χ0v) is 16.2. The summed E-state index contributed by atoms with van der Waals surface area (Å²) in [7, 11) is 0. The van der Waals surface area contributed by atoms with Crippen LogP contribution in [0.2, 0.25) is 0 Å². The molecule has 6 heteroatoms. The number of likely N-dealkylation sites (tertiary alicyclic amines) is 1. The minimum atomic E-state index is -0.472. The minimum Gasteiger partial charge on any atom is -0.486 e. The SMILES string of the molecule is CC(C)(C)OC(=O)N1CCC[C@H](Oc2ccccc2N2CCNCC2)C1. The van der Waals surface area contributed by atoms with E-state index in [2.05, 4.69) is 22.3 Å². The van der Waals surface area contributed by atoms with Gasteiger partial charge < -0.3 is 24.6 Å². The van der Waals surface area contributed by atoms with Crippen LogP contribution in [-0.2, 0) is 4.74 Å². The molecule has 2 saturated heterocycles. The van der Waals surface area contributed by atoms with Crippen LogP contribution in [0.3, 0.4) is 0 Å². The van der Waals surface area contributed by atoms with Crippen LogP contribution in [0.4, 0.5) is 10.5 Å². The summed E-state index contributed by atoms with van der Waals surface area (Å²) in [4.78, 5) is 16.5. The van der Waals surface area contributed by atoms with Gasteiger partial charge in [0, 0.05) is 32.7 Å². The van der Waals surface area contributed by atoms with Crippen molar-refractivity contribution in [2.45, 2.75) is 45.3 Å². The van der Waals surface area contributed by atoms with E-state index in [1.165, 1.54) is 0 Å². The van der Waals surface area contributed by atoms with Crippen LogP contribution in [-0.4, -0.2) is 62.0 Å². The van der Waals surface area contributed by atoms with Gasteiger partial charge >= 0.3 is 6.09 Å². The molecule has 0 saturated carbocycles. The molecule has 2 aliphatic heterocycles. The summed E-state index contributed by atoms with van der Waals surface area (Å²) >= 11 is 0. The summed E-state index contributed by atoms with van der Waals surface area (Å²) < 4.78 is 11.8. The minimum absolute atomic E-state index is 0.000309. The van der Waals surface area contributed by atoms with Crippen LogP contribution in [0.5, 0.6) is 5.75 Å². The number of rotatable bonds is 3. The number of amides is 1. The Morgan fingerprint density at radius 2 is 1.88 bits per heavy atom. The normalized spacial score (nSPS) is 21.4. The Labute approximate surface area is 156 Å². The van der Waals surface area contributed by atoms with Gasteiger partial charge in [-0.1, -0.05) is 12.1 Å². The maximum Gasteiger partial charge on any atom is 0.410 e. The maximum atomic E-state index is 12.4. The average Bonchev–Trinajstić information content (AvgIpc) is 2.62. The smallest absolute Gasteiger partial charge is 0.410 e. The van der Waals surface area contributed by atoms with E-state index in [0.29, 0.717) is 6.54 Å². The van der Waals surface area contributed by atoms with Crippen LogP contribution in [0, 0.1) is 0 Å². The topological polar surface area (TPSA) is 54.0 Å². The number of carbonyl (C=O) groups excluding carboxylic acids is 1. The zero-order valence-electron chi connectivity index (χ0n) is 16.2. The van der Waals surface area contributed by atoms with E-state index in [1.807, 2.05) is 32.9 Å². The average molecular weight is 361 g/mol. The second kappa shape index (κ2) is 8.16. The molecule has 3 rings (SSSR count). The first-order valence-electron chi connectivity index (χ1n) is 9.62. The second-order valence-electron chi connectivity index (χ2n) is 8.01. The number of hydrogen-bond donors (Lipinski definition) is 1. The summed E-state index contributed by atoms with van der Waals surface area (Å²) in [6.45, 7) is 10.9. The lowest BCUT2D eigenvalue weighted by molar-refractivity contribution is 0.00781. The highest BCUT2D eigenvalue weighted by molar-refractivity contribution is 5.68. The van der Waals surface area contributed by atoms with Gasteiger partial charge in [-0.25, -0.2) is 4.79 Å². The number of nitrogens with one attached hydrogen (secondary N) is 1. The molecule has 0 aromatic heterocycles. The fraction of sp³-hybridized carbons (Fsp3) is 0.650. The fourth-order valence-corrected chi connectivity index (χ4v) is 3.43. The maximum absolute atomic E-state index is 12.4. The highest BCUT2D eigenvalue weighted by Crippen LogP contribution is 2.30. The van der Waals surface area contributed by atoms with Crippen LogP contribution in [0.15, 0.2) is 24.3 Å². The van der Waals surface area contributed by atoms with Crippen molar-refractivity contribution in [2.75, 3.05) is 44.2 Å². The monoisotopic (exact) mass is 361 g/mol. The van der Waals surface area contributed by atoms with E-state index in [0.717, 1.165) is 57.0 Å². The van der Waals surface area contributed by atoms with Gasteiger partial charge in [0.05, 0.1) is 12.2 Å². The van der Waals surface area contributed by atoms with Crippen molar-refractivity contribution in [1.82, 2.24) is 10.2 Å². The quantitative estimate of drug-likeness (QED) is 0.897. The fourth-order valence-electron chi connectivity index (χ4n) is 3.43. The van der Waals surface area contributed by atoms with Gasteiger partial charge in [0.1, 0.15) is 17.5 Å². The number of carbonyl (C=O) groups is 1. The van der Waals surface area contributed by atoms with E-state index in [-0.39, 0.29) is 12.2 Å². The molecular formula is C20H31N3O3. The van der Waals surface area contributed by atoms with Crippen molar-refractivity contribution in [3.8, 4) is 5.75 Å². The van der Waals surface area contributed by atoms with Crippen molar-refractivity contribution in [2.24, 2.45) is 0 Å². The molecule has 1 amide bonds. The van der Waals surface area contributed by atoms with E-state index in [9.17, 15) is 4.79 Å². The number of piperidine rings is 1. The molecular weight excluding hydrogens is 330 g/mol.